The number of rotatable bonds is 7. The fraction of sp³-hybridized carbons (Fsp3) is 0.458. The number of sulfonamides is 1. The molecule has 2 fully saturated rings. The number of hydrogen-bond acceptors (Lipinski definition) is 5. The Hall–Kier alpha value is -2.26. The highest BCUT2D eigenvalue weighted by Crippen LogP contribution is 2.21. The fourth-order valence-corrected chi connectivity index (χ4v) is 5.83. The normalized spacial score (nSPS) is 18.7. The summed E-state index contributed by atoms with van der Waals surface area (Å²) in [6, 6.07) is 14.6. The van der Waals surface area contributed by atoms with Crippen LogP contribution in [0.5, 0.6) is 0 Å². The van der Waals surface area contributed by atoms with Crippen molar-refractivity contribution in [3.8, 4) is 0 Å². The summed E-state index contributed by atoms with van der Waals surface area (Å²) in [5.41, 5.74) is 2.63. The van der Waals surface area contributed by atoms with Gasteiger partial charge in [-0.3, -0.25) is 9.69 Å². The lowest BCUT2D eigenvalue weighted by Gasteiger charge is -2.32. The number of piperazine rings is 1. The van der Waals surface area contributed by atoms with Crippen LogP contribution in [0, 0.1) is 0 Å². The Balaban J connectivity index is 1.37. The van der Waals surface area contributed by atoms with Crippen LogP contribution in [0.25, 0.3) is 0 Å². The molecule has 0 saturated carbocycles. The third-order valence-corrected chi connectivity index (χ3v) is 8.14. The highest BCUT2D eigenvalue weighted by molar-refractivity contribution is 7.89. The predicted octanol–water partition coefficient (Wildman–Crippen LogP) is 2.15. The molecule has 2 aliphatic rings. The SMILES string of the molecule is CN1CCN(Cc2cccc(CNC(=O)c3cccc(S(=O)(=O)N4CCCC4)c3)c2)CC1. The van der Waals surface area contributed by atoms with Crippen LogP contribution in [0.4, 0.5) is 0 Å². The van der Waals surface area contributed by atoms with Gasteiger partial charge in [0.15, 0.2) is 0 Å². The van der Waals surface area contributed by atoms with Gasteiger partial charge in [0.05, 0.1) is 4.90 Å². The second kappa shape index (κ2) is 10.1. The molecule has 2 aromatic carbocycles. The monoisotopic (exact) mass is 456 g/mol. The third kappa shape index (κ3) is 5.56. The lowest BCUT2D eigenvalue weighted by molar-refractivity contribution is 0.0950. The molecule has 2 heterocycles. The number of nitrogens with one attached hydrogen (secondary N) is 1. The lowest BCUT2D eigenvalue weighted by atomic mass is 10.1. The number of carbonyl (C=O) groups is 1. The summed E-state index contributed by atoms with van der Waals surface area (Å²) in [6.07, 6.45) is 1.76. The Bertz CT molecular complexity index is 1040. The topological polar surface area (TPSA) is 73.0 Å². The van der Waals surface area contributed by atoms with E-state index in [1.807, 2.05) is 12.1 Å². The van der Waals surface area contributed by atoms with Crippen molar-refractivity contribution < 1.29 is 13.2 Å². The molecular formula is C24H32N4O3S. The minimum atomic E-state index is -3.54. The molecule has 0 atom stereocenters. The van der Waals surface area contributed by atoms with Crippen LogP contribution in [0.2, 0.25) is 0 Å². The molecule has 4 rings (SSSR count). The molecule has 0 unspecified atom stereocenters. The maximum Gasteiger partial charge on any atom is 0.251 e. The van der Waals surface area contributed by atoms with Gasteiger partial charge in [0.1, 0.15) is 0 Å². The maximum atomic E-state index is 12.8. The van der Waals surface area contributed by atoms with Gasteiger partial charge in [-0.15, -0.1) is 0 Å². The number of nitrogens with zero attached hydrogens (tertiary/aromatic N) is 3. The largest absolute Gasteiger partial charge is 0.348 e. The second-order valence-corrected chi connectivity index (χ2v) is 10.7. The summed E-state index contributed by atoms with van der Waals surface area (Å²) in [5, 5.41) is 2.93. The van der Waals surface area contributed by atoms with Crippen molar-refractivity contribution in [3.63, 3.8) is 0 Å². The van der Waals surface area contributed by atoms with Gasteiger partial charge in [-0.2, -0.15) is 4.31 Å². The van der Waals surface area contributed by atoms with Crippen molar-refractivity contribution in [3.05, 3.63) is 65.2 Å². The molecule has 32 heavy (non-hydrogen) atoms. The molecule has 0 radical (unpaired) electrons. The first kappa shape index (κ1) is 22.9. The Morgan fingerprint density at radius 3 is 2.34 bits per heavy atom. The van der Waals surface area contributed by atoms with Gasteiger partial charge in [0.25, 0.3) is 5.91 Å². The molecule has 0 aromatic heterocycles. The van der Waals surface area contributed by atoms with Crippen LogP contribution in [0.1, 0.15) is 34.3 Å². The number of likely N-dealkylation sites (N-methyl/N-ethyl adjacent to an activating group) is 1. The van der Waals surface area contributed by atoms with Crippen LogP contribution in [-0.2, 0) is 23.1 Å². The summed E-state index contributed by atoms with van der Waals surface area (Å²) in [7, 11) is -1.39. The van der Waals surface area contributed by atoms with E-state index in [2.05, 4.69) is 34.3 Å². The quantitative estimate of drug-likeness (QED) is 0.691. The summed E-state index contributed by atoms with van der Waals surface area (Å²) >= 11 is 0. The number of carbonyl (C=O) groups excluding carboxylic acids is 1. The fourth-order valence-electron chi connectivity index (χ4n) is 4.26. The van der Waals surface area contributed by atoms with Crippen LogP contribution < -0.4 is 5.32 Å². The van der Waals surface area contributed by atoms with E-state index in [1.165, 1.54) is 15.9 Å². The maximum absolute atomic E-state index is 12.8. The van der Waals surface area contributed by atoms with E-state index in [1.54, 1.807) is 18.2 Å². The molecular weight excluding hydrogens is 424 g/mol. The van der Waals surface area contributed by atoms with Crippen molar-refractivity contribution in [2.75, 3.05) is 46.3 Å². The molecule has 172 valence electrons. The van der Waals surface area contributed by atoms with E-state index < -0.39 is 10.0 Å². The summed E-state index contributed by atoms with van der Waals surface area (Å²) in [6.45, 7) is 6.70. The van der Waals surface area contributed by atoms with E-state index in [-0.39, 0.29) is 10.8 Å². The average molecular weight is 457 g/mol. The molecule has 8 heteroatoms. The summed E-state index contributed by atoms with van der Waals surface area (Å²) < 4.78 is 27.1. The van der Waals surface area contributed by atoms with Gasteiger partial charge in [0.2, 0.25) is 10.0 Å². The van der Waals surface area contributed by atoms with Gasteiger partial charge in [-0.25, -0.2) is 8.42 Å². The molecule has 1 N–H and O–H groups in total. The van der Waals surface area contributed by atoms with Crippen LogP contribution in [0.3, 0.4) is 0 Å². The third-order valence-electron chi connectivity index (χ3n) is 6.25. The molecule has 7 nitrogen and oxygen atoms in total. The first-order valence-electron chi connectivity index (χ1n) is 11.3. The van der Waals surface area contributed by atoms with Gasteiger partial charge in [-0.1, -0.05) is 30.3 Å². The van der Waals surface area contributed by atoms with Crippen LogP contribution in [0.15, 0.2) is 53.4 Å². The van der Waals surface area contributed by atoms with E-state index in [9.17, 15) is 13.2 Å². The van der Waals surface area contributed by atoms with Crippen LogP contribution in [-0.4, -0.2) is 74.7 Å². The number of amides is 1. The predicted molar refractivity (Wildman–Crippen MR) is 125 cm³/mol. The van der Waals surface area contributed by atoms with Gasteiger partial charge in [0, 0.05) is 57.9 Å². The van der Waals surface area contributed by atoms with E-state index in [4.69, 9.17) is 0 Å². The summed E-state index contributed by atoms with van der Waals surface area (Å²) in [4.78, 5) is 17.7. The van der Waals surface area contributed by atoms with Gasteiger partial charge in [-0.05, 0) is 49.2 Å². The van der Waals surface area contributed by atoms with E-state index in [0.29, 0.717) is 25.2 Å². The molecule has 2 aliphatic heterocycles. The van der Waals surface area contributed by atoms with Crippen molar-refractivity contribution in [2.24, 2.45) is 0 Å². The Morgan fingerprint density at radius 1 is 0.906 bits per heavy atom. The Kier molecular flexibility index (Phi) is 7.25. The molecule has 0 aliphatic carbocycles. The van der Waals surface area contributed by atoms with E-state index >= 15 is 0 Å². The lowest BCUT2D eigenvalue weighted by Crippen LogP contribution is -2.43. The number of benzene rings is 2. The minimum absolute atomic E-state index is 0.182. The van der Waals surface area contributed by atoms with Crippen molar-refractivity contribution in [2.45, 2.75) is 30.8 Å². The smallest absolute Gasteiger partial charge is 0.251 e. The van der Waals surface area contributed by atoms with E-state index in [0.717, 1.165) is 51.1 Å². The molecule has 2 aromatic rings. The standard InChI is InChI=1S/C24H32N4O3S/c1-26-12-14-27(15-13-26)19-21-7-4-6-20(16-21)18-25-24(29)22-8-5-9-23(17-22)32(30,31)28-10-2-3-11-28/h4-9,16-17H,2-3,10-15,18-19H2,1H3,(H,25,29). The average Bonchev–Trinajstić information content (AvgIpc) is 3.35. The molecule has 1 amide bonds. The minimum Gasteiger partial charge on any atom is -0.348 e. The highest BCUT2D eigenvalue weighted by atomic mass is 32.2. The van der Waals surface area contributed by atoms with Crippen molar-refractivity contribution >= 4 is 15.9 Å². The Morgan fingerprint density at radius 2 is 1.59 bits per heavy atom. The van der Waals surface area contributed by atoms with Crippen LogP contribution >= 0.6 is 0 Å². The zero-order valence-electron chi connectivity index (χ0n) is 18.7. The van der Waals surface area contributed by atoms with Crippen molar-refractivity contribution in [1.29, 1.82) is 0 Å². The van der Waals surface area contributed by atoms with Gasteiger partial charge >= 0.3 is 0 Å². The first-order chi connectivity index (χ1) is 15.4. The Labute approximate surface area is 191 Å². The van der Waals surface area contributed by atoms with Gasteiger partial charge < -0.3 is 10.2 Å². The molecule has 2 saturated heterocycles. The zero-order chi connectivity index (χ0) is 22.6. The number of hydrogen-bond donors (Lipinski definition) is 1. The molecule has 0 bridgehead atoms. The first-order valence-corrected chi connectivity index (χ1v) is 12.7. The zero-order valence-corrected chi connectivity index (χ0v) is 19.5. The van der Waals surface area contributed by atoms with Crippen molar-refractivity contribution in [1.82, 2.24) is 19.4 Å². The molecule has 0 spiro atoms. The summed E-state index contributed by atoms with van der Waals surface area (Å²) in [5.74, 6) is -0.270. The highest BCUT2D eigenvalue weighted by Gasteiger charge is 2.27. The second-order valence-electron chi connectivity index (χ2n) is 8.72.